The van der Waals surface area contributed by atoms with Crippen LogP contribution in [0.2, 0.25) is 0 Å². The maximum absolute atomic E-state index is 4.07. The van der Waals surface area contributed by atoms with Gasteiger partial charge in [0.25, 0.3) is 0 Å². The molecule has 1 aromatic heterocycles. The number of fused-ring (bicyclic) bond motifs is 1. The van der Waals surface area contributed by atoms with Crippen molar-refractivity contribution in [2.45, 2.75) is 0 Å². The largest absolute Gasteiger partial charge is 0.244 e. The zero-order chi connectivity index (χ0) is 6.81. The molecule has 0 fully saturated rings. The number of para-hydroxylation sites is 1. The number of benzene rings is 1. The topological polar surface area (TPSA) is 25.8 Å². The third-order valence-corrected chi connectivity index (χ3v) is 1.41. The van der Waals surface area contributed by atoms with E-state index in [1.165, 1.54) is 0 Å². The van der Waals surface area contributed by atoms with Crippen LogP contribution in [-0.2, 0) is 0 Å². The number of aromatic nitrogens is 2. The second-order valence-electron chi connectivity index (χ2n) is 2.08. The van der Waals surface area contributed by atoms with Gasteiger partial charge in [0.2, 0.25) is 0 Å². The molecule has 11 heavy (non-hydrogen) atoms. The Labute approximate surface area is 94.7 Å². The van der Waals surface area contributed by atoms with Crippen molar-refractivity contribution in [1.82, 2.24) is 9.97 Å². The summed E-state index contributed by atoms with van der Waals surface area (Å²) in [5.74, 6) is 0. The van der Waals surface area contributed by atoms with Crippen molar-refractivity contribution in [2.75, 3.05) is 0 Å². The number of hydrogen-bond donors (Lipinski definition) is 0. The van der Waals surface area contributed by atoms with Gasteiger partial charge in [0, 0.05) is 11.6 Å². The molecule has 0 amide bonds. The smallest absolute Gasteiger partial charge is 0.116 e. The molecule has 0 aliphatic heterocycles. The van der Waals surface area contributed by atoms with Gasteiger partial charge >= 0.3 is 37.7 Å². The van der Waals surface area contributed by atoms with E-state index in [1.807, 2.05) is 30.5 Å². The van der Waals surface area contributed by atoms with Gasteiger partial charge in [-0.2, -0.15) is 0 Å². The van der Waals surface area contributed by atoms with Crippen molar-refractivity contribution in [3.63, 3.8) is 0 Å². The molecule has 1 aromatic carbocycles. The first-order chi connectivity index (χ1) is 4.97. The van der Waals surface area contributed by atoms with E-state index in [4.69, 9.17) is 0 Å². The molecule has 2 nitrogen and oxygen atoms in total. The number of nitrogens with zero attached hydrogens (tertiary/aromatic N) is 2. The summed E-state index contributed by atoms with van der Waals surface area (Å²) in [6, 6.07) is 7.91. The second kappa shape index (κ2) is 4.00. The van der Waals surface area contributed by atoms with Gasteiger partial charge < -0.3 is 0 Å². The van der Waals surface area contributed by atoms with Crippen molar-refractivity contribution in [3.8, 4) is 0 Å². The molecule has 0 N–H and O–H groups in total. The van der Waals surface area contributed by atoms with Crippen LogP contribution < -0.4 is 0 Å². The molecule has 1 heterocycles. The van der Waals surface area contributed by atoms with E-state index in [0.29, 0.717) is 0 Å². The van der Waals surface area contributed by atoms with E-state index >= 15 is 0 Å². The van der Waals surface area contributed by atoms with Gasteiger partial charge in [-0.25, -0.2) is 9.97 Å². The van der Waals surface area contributed by atoms with E-state index in [2.05, 4.69) is 9.97 Å². The summed E-state index contributed by atoms with van der Waals surface area (Å²) in [5, 5.41) is 1.09. The van der Waals surface area contributed by atoms with Gasteiger partial charge in [-0.3, -0.25) is 0 Å². The van der Waals surface area contributed by atoms with Crippen LogP contribution in [0, 0.1) is 0 Å². The van der Waals surface area contributed by atoms with E-state index in [-0.39, 0.29) is 37.7 Å². The van der Waals surface area contributed by atoms with Crippen LogP contribution in [-0.4, -0.2) is 47.7 Å². The molecule has 0 aliphatic rings. The summed E-state index contributed by atoms with van der Waals surface area (Å²) in [6.45, 7) is 0. The minimum atomic E-state index is 0. The van der Waals surface area contributed by atoms with Crippen molar-refractivity contribution in [3.05, 3.63) is 36.8 Å². The normalized spacial score (nSPS) is 9.09. The molecular weight excluding hydrogens is 164 g/mol. The SMILES string of the molecule is [CaH2].c1ccc2ncncc2c1. The van der Waals surface area contributed by atoms with Crippen LogP contribution in [0.25, 0.3) is 10.9 Å². The first kappa shape index (κ1) is 8.91. The summed E-state index contributed by atoms with van der Waals surface area (Å²) in [5.41, 5.74) is 0.998. The standard InChI is InChI=1S/C8H6N2.Ca.2H/c1-2-4-8-7(3-1)5-9-6-10-8;;;/h1-6H;;;. The number of rotatable bonds is 0. The average molecular weight is 172 g/mol. The zero-order valence-electron chi connectivity index (χ0n) is 5.36. The van der Waals surface area contributed by atoms with Gasteiger partial charge in [-0.15, -0.1) is 0 Å². The summed E-state index contributed by atoms with van der Waals surface area (Å²) in [7, 11) is 0. The van der Waals surface area contributed by atoms with E-state index in [9.17, 15) is 0 Å². The fraction of sp³-hybridized carbons (Fsp3) is 0. The molecule has 0 unspecified atom stereocenters. The van der Waals surface area contributed by atoms with Gasteiger partial charge in [-0.05, 0) is 6.07 Å². The van der Waals surface area contributed by atoms with Crippen LogP contribution in [0.15, 0.2) is 36.8 Å². The van der Waals surface area contributed by atoms with E-state index in [0.717, 1.165) is 10.9 Å². The predicted octanol–water partition coefficient (Wildman–Crippen LogP) is 0.714. The molecule has 52 valence electrons. The van der Waals surface area contributed by atoms with Crippen LogP contribution in [0.1, 0.15) is 0 Å². The fourth-order valence-electron chi connectivity index (χ4n) is 0.923. The van der Waals surface area contributed by atoms with Crippen LogP contribution >= 0.6 is 0 Å². The zero-order valence-corrected chi connectivity index (χ0v) is 5.36. The van der Waals surface area contributed by atoms with Crippen molar-refractivity contribution < 1.29 is 0 Å². The third kappa shape index (κ3) is 1.89. The Balaban J connectivity index is 0.000000605. The van der Waals surface area contributed by atoms with Crippen LogP contribution in [0.3, 0.4) is 0 Å². The Morgan fingerprint density at radius 3 is 2.73 bits per heavy atom. The van der Waals surface area contributed by atoms with Crippen LogP contribution in [0.5, 0.6) is 0 Å². The predicted molar refractivity (Wildman–Crippen MR) is 48.1 cm³/mol. The Morgan fingerprint density at radius 1 is 1.09 bits per heavy atom. The summed E-state index contributed by atoms with van der Waals surface area (Å²) in [6.07, 6.45) is 3.37. The van der Waals surface area contributed by atoms with Crippen LogP contribution in [0.4, 0.5) is 0 Å². The Morgan fingerprint density at radius 2 is 1.91 bits per heavy atom. The molecule has 0 aliphatic carbocycles. The molecule has 0 atom stereocenters. The van der Waals surface area contributed by atoms with E-state index in [1.54, 1.807) is 6.33 Å². The monoisotopic (exact) mass is 172 g/mol. The molecule has 0 saturated carbocycles. The summed E-state index contributed by atoms with van der Waals surface area (Å²) < 4.78 is 0. The number of hydrogen-bond acceptors (Lipinski definition) is 2. The first-order valence-corrected chi connectivity index (χ1v) is 3.11. The maximum Gasteiger partial charge on any atom is 0.116 e. The quantitative estimate of drug-likeness (QED) is 0.547. The molecule has 0 radical (unpaired) electrons. The van der Waals surface area contributed by atoms with Gasteiger partial charge in [0.05, 0.1) is 5.52 Å². The Hall–Kier alpha value is -0.180. The second-order valence-corrected chi connectivity index (χ2v) is 2.08. The summed E-state index contributed by atoms with van der Waals surface area (Å²) in [4.78, 5) is 7.97. The molecule has 2 aromatic rings. The van der Waals surface area contributed by atoms with Crippen molar-refractivity contribution >= 4 is 48.6 Å². The summed E-state index contributed by atoms with van der Waals surface area (Å²) >= 11 is 0. The fourth-order valence-corrected chi connectivity index (χ4v) is 0.923. The Bertz CT molecular complexity index is 283. The molecule has 0 spiro atoms. The molecule has 0 saturated heterocycles. The molecule has 3 heteroatoms. The maximum atomic E-state index is 4.07. The molecular formula is C8H8CaN2. The van der Waals surface area contributed by atoms with Crippen molar-refractivity contribution in [2.24, 2.45) is 0 Å². The van der Waals surface area contributed by atoms with Gasteiger partial charge in [0.1, 0.15) is 6.33 Å². The molecule has 2 rings (SSSR count). The first-order valence-electron chi connectivity index (χ1n) is 3.11. The average Bonchev–Trinajstić information content (AvgIpc) is 2.05. The Kier molecular flexibility index (Phi) is 3.24. The van der Waals surface area contributed by atoms with Crippen molar-refractivity contribution in [1.29, 1.82) is 0 Å². The minimum Gasteiger partial charge on any atom is -0.244 e. The van der Waals surface area contributed by atoms with Gasteiger partial charge in [0.15, 0.2) is 0 Å². The van der Waals surface area contributed by atoms with Gasteiger partial charge in [-0.1, -0.05) is 18.2 Å². The molecule has 0 bridgehead atoms. The third-order valence-electron chi connectivity index (χ3n) is 1.41. The van der Waals surface area contributed by atoms with E-state index < -0.39 is 0 Å². The minimum absolute atomic E-state index is 0.